The molecule has 0 fully saturated rings. The summed E-state index contributed by atoms with van der Waals surface area (Å²) in [6, 6.07) is 22.4. The molecule has 0 aliphatic rings. The van der Waals surface area contributed by atoms with Crippen molar-refractivity contribution in [2.75, 3.05) is 11.9 Å². The monoisotopic (exact) mass is 354 g/mol. The Bertz CT molecular complexity index is 1170. The molecule has 3 nitrogen and oxygen atoms in total. The van der Waals surface area contributed by atoms with E-state index in [0.29, 0.717) is 5.56 Å². The van der Waals surface area contributed by atoms with Gasteiger partial charge in [-0.3, -0.25) is 0 Å². The zero-order valence-electron chi connectivity index (χ0n) is 16.1. The fraction of sp³-hybridized carbons (Fsp3) is 0.208. The number of fused-ring (bicyclic) bond motifs is 3. The summed E-state index contributed by atoms with van der Waals surface area (Å²) in [5.41, 5.74) is 5.74. The molecule has 0 aliphatic carbocycles. The summed E-state index contributed by atoms with van der Waals surface area (Å²) in [4.78, 5) is 2.10. The van der Waals surface area contributed by atoms with Crippen molar-refractivity contribution >= 4 is 33.3 Å². The van der Waals surface area contributed by atoms with Crippen LogP contribution in [0.4, 0.5) is 11.4 Å². The molecule has 0 N–H and O–H groups in total. The van der Waals surface area contributed by atoms with E-state index in [4.69, 9.17) is 9.68 Å². The van der Waals surface area contributed by atoms with Gasteiger partial charge < -0.3 is 9.32 Å². The van der Waals surface area contributed by atoms with Crippen LogP contribution in [0.2, 0.25) is 0 Å². The first-order valence-corrected chi connectivity index (χ1v) is 9.09. The molecule has 0 unspecified atom stereocenters. The van der Waals surface area contributed by atoms with Crippen LogP contribution in [-0.4, -0.2) is 7.05 Å². The van der Waals surface area contributed by atoms with Crippen LogP contribution in [0.1, 0.15) is 31.9 Å². The second kappa shape index (κ2) is 6.17. The Morgan fingerprint density at radius 1 is 0.852 bits per heavy atom. The minimum Gasteiger partial charge on any atom is -0.454 e. The molecule has 27 heavy (non-hydrogen) atoms. The lowest BCUT2D eigenvalue weighted by Crippen LogP contribution is -2.11. The van der Waals surface area contributed by atoms with Gasteiger partial charge in [0.1, 0.15) is 5.58 Å². The normalized spacial score (nSPS) is 11.7. The number of hydrogen-bond donors (Lipinski definition) is 0. The molecule has 1 heterocycles. The summed E-state index contributed by atoms with van der Waals surface area (Å²) >= 11 is 0. The predicted octanol–water partition coefficient (Wildman–Crippen LogP) is 6.52. The van der Waals surface area contributed by atoms with Gasteiger partial charge in [0.15, 0.2) is 5.58 Å². The quantitative estimate of drug-likeness (QED) is 0.411. The van der Waals surface area contributed by atoms with E-state index < -0.39 is 0 Å². The van der Waals surface area contributed by atoms with Crippen molar-refractivity contribution in [2.45, 2.75) is 26.2 Å². The van der Waals surface area contributed by atoms with E-state index in [1.165, 1.54) is 5.56 Å². The van der Waals surface area contributed by atoms with Crippen LogP contribution in [0.5, 0.6) is 0 Å². The lowest BCUT2D eigenvalue weighted by Gasteiger charge is -2.20. The Hall–Kier alpha value is -3.25. The summed E-state index contributed by atoms with van der Waals surface area (Å²) in [7, 11) is 2.02. The molecule has 0 spiro atoms. The molecular formula is C24H22N2O. The van der Waals surface area contributed by atoms with E-state index in [1.54, 1.807) is 0 Å². The average molecular weight is 354 g/mol. The lowest BCUT2D eigenvalue weighted by molar-refractivity contribution is 0.573. The Morgan fingerprint density at radius 3 is 2.11 bits per heavy atom. The van der Waals surface area contributed by atoms with Gasteiger partial charge in [-0.05, 0) is 35.7 Å². The first kappa shape index (κ1) is 17.2. The number of hydrogen-bond acceptors (Lipinski definition) is 3. The molecular weight excluding hydrogens is 332 g/mol. The van der Waals surface area contributed by atoms with Crippen LogP contribution in [0, 0.1) is 11.3 Å². The Labute approximate surface area is 159 Å². The summed E-state index contributed by atoms with van der Waals surface area (Å²) < 4.78 is 6.43. The maximum atomic E-state index is 9.02. The van der Waals surface area contributed by atoms with Crippen LogP contribution >= 0.6 is 0 Å². The van der Waals surface area contributed by atoms with Crippen LogP contribution in [0.15, 0.2) is 65.1 Å². The number of anilines is 2. The third-order valence-electron chi connectivity index (χ3n) is 5.06. The first-order chi connectivity index (χ1) is 12.9. The highest BCUT2D eigenvalue weighted by molar-refractivity contribution is 6.10. The highest BCUT2D eigenvalue weighted by atomic mass is 16.3. The SMILES string of the molecule is CN(c1ccc(C#N)cc1)c1cccc2c1oc1c(C(C)(C)C)cccc12. The number of nitriles is 1. The molecule has 0 bridgehead atoms. The molecule has 134 valence electrons. The molecule has 4 aromatic rings. The molecule has 0 saturated carbocycles. The van der Waals surface area contributed by atoms with Crippen LogP contribution in [-0.2, 0) is 5.41 Å². The largest absolute Gasteiger partial charge is 0.454 e. The number of para-hydroxylation sites is 2. The van der Waals surface area contributed by atoms with E-state index in [2.05, 4.69) is 68.1 Å². The number of rotatable bonds is 2. The van der Waals surface area contributed by atoms with Crippen molar-refractivity contribution in [2.24, 2.45) is 0 Å². The highest BCUT2D eigenvalue weighted by Gasteiger charge is 2.22. The zero-order valence-corrected chi connectivity index (χ0v) is 16.1. The molecule has 0 atom stereocenters. The van der Waals surface area contributed by atoms with Crippen LogP contribution in [0.3, 0.4) is 0 Å². The van der Waals surface area contributed by atoms with E-state index in [0.717, 1.165) is 33.3 Å². The van der Waals surface area contributed by atoms with E-state index in [9.17, 15) is 0 Å². The fourth-order valence-electron chi connectivity index (χ4n) is 3.56. The number of nitrogens with zero attached hydrogens (tertiary/aromatic N) is 2. The second-order valence-corrected chi connectivity index (χ2v) is 7.91. The van der Waals surface area contributed by atoms with Gasteiger partial charge in [0.2, 0.25) is 0 Å². The van der Waals surface area contributed by atoms with E-state index in [1.807, 2.05) is 31.3 Å². The van der Waals surface area contributed by atoms with Gasteiger partial charge in [0.05, 0.1) is 17.3 Å². The topological polar surface area (TPSA) is 40.2 Å². The summed E-state index contributed by atoms with van der Waals surface area (Å²) in [6.07, 6.45) is 0. The van der Waals surface area contributed by atoms with Crippen LogP contribution < -0.4 is 4.90 Å². The summed E-state index contributed by atoms with van der Waals surface area (Å²) in [5, 5.41) is 11.3. The standard InChI is InChI=1S/C24H22N2O/c1-24(2,3)20-9-5-7-18-19-8-6-10-21(23(19)27-22(18)20)26(4)17-13-11-16(15-25)12-14-17/h5-14H,1-4H3. The minimum absolute atomic E-state index is 0.00652. The van der Waals surface area contributed by atoms with Gasteiger partial charge in [0, 0.05) is 29.1 Å². The number of benzene rings is 3. The lowest BCUT2D eigenvalue weighted by atomic mass is 9.86. The predicted molar refractivity (Wildman–Crippen MR) is 112 cm³/mol. The fourth-order valence-corrected chi connectivity index (χ4v) is 3.56. The molecule has 0 aliphatic heterocycles. The van der Waals surface area contributed by atoms with E-state index in [-0.39, 0.29) is 5.41 Å². The maximum Gasteiger partial charge on any atom is 0.159 e. The smallest absolute Gasteiger partial charge is 0.159 e. The maximum absolute atomic E-state index is 9.02. The van der Waals surface area contributed by atoms with Gasteiger partial charge in [-0.15, -0.1) is 0 Å². The molecule has 3 heteroatoms. The molecule has 3 aromatic carbocycles. The van der Waals surface area contributed by atoms with Gasteiger partial charge in [-0.2, -0.15) is 5.26 Å². The van der Waals surface area contributed by atoms with Crippen molar-refractivity contribution in [3.05, 3.63) is 71.8 Å². The van der Waals surface area contributed by atoms with Crippen molar-refractivity contribution in [1.82, 2.24) is 0 Å². The summed E-state index contributed by atoms with van der Waals surface area (Å²) in [6.45, 7) is 6.62. The van der Waals surface area contributed by atoms with Crippen molar-refractivity contribution in [1.29, 1.82) is 5.26 Å². The second-order valence-electron chi connectivity index (χ2n) is 7.91. The third-order valence-corrected chi connectivity index (χ3v) is 5.06. The highest BCUT2D eigenvalue weighted by Crippen LogP contribution is 2.40. The molecule has 4 rings (SSSR count). The zero-order chi connectivity index (χ0) is 19.2. The molecule has 1 aromatic heterocycles. The van der Waals surface area contributed by atoms with Gasteiger partial charge in [-0.1, -0.05) is 51.1 Å². The molecule has 0 saturated heterocycles. The van der Waals surface area contributed by atoms with Crippen molar-refractivity contribution in [3.8, 4) is 6.07 Å². The molecule has 0 radical (unpaired) electrons. The third kappa shape index (κ3) is 2.84. The minimum atomic E-state index is 0.00652. The van der Waals surface area contributed by atoms with Gasteiger partial charge in [-0.25, -0.2) is 0 Å². The van der Waals surface area contributed by atoms with Crippen LogP contribution in [0.25, 0.3) is 21.9 Å². The Balaban J connectivity index is 1.93. The van der Waals surface area contributed by atoms with Crippen molar-refractivity contribution in [3.63, 3.8) is 0 Å². The van der Waals surface area contributed by atoms with Crippen molar-refractivity contribution < 1.29 is 4.42 Å². The Morgan fingerprint density at radius 2 is 1.48 bits per heavy atom. The first-order valence-electron chi connectivity index (χ1n) is 9.09. The van der Waals surface area contributed by atoms with E-state index >= 15 is 0 Å². The van der Waals surface area contributed by atoms with Gasteiger partial charge in [0.25, 0.3) is 0 Å². The number of furan rings is 1. The summed E-state index contributed by atoms with van der Waals surface area (Å²) in [5.74, 6) is 0. The average Bonchev–Trinajstić information content (AvgIpc) is 3.05. The molecule has 0 amide bonds. The van der Waals surface area contributed by atoms with Gasteiger partial charge >= 0.3 is 0 Å². The Kier molecular flexibility index (Phi) is 3.93.